The van der Waals surface area contributed by atoms with Crippen LogP contribution in [-0.4, -0.2) is 69.9 Å². The van der Waals surface area contributed by atoms with Gasteiger partial charge in [0.1, 0.15) is 12.4 Å². The van der Waals surface area contributed by atoms with E-state index in [1.54, 1.807) is 41.2 Å². The molecule has 4 rings (SSSR count). The van der Waals surface area contributed by atoms with Gasteiger partial charge in [-0.2, -0.15) is 5.10 Å². The Morgan fingerprint density at radius 2 is 1.91 bits per heavy atom. The maximum absolute atomic E-state index is 13.3. The predicted octanol–water partition coefficient (Wildman–Crippen LogP) is 2.97. The van der Waals surface area contributed by atoms with Crippen molar-refractivity contribution in [1.82, 2.24) is 24.6 Å². The first-order valence-corrected chi connectivity index (χ1v) is 10.7. The van der Waals surface area contributed by atoms with E-state index in [4.69, 9.17) is 4.74 Å². The van der Waals surface area contributed by atoms with Gasteiger partial charge >= 0.3 is 6.09 Å². The zero-order valence-corrected chi connectivity index (χ0v) is 18.6. The largest absolute Gasteiger partial charge is 0.453 e. The fourth-order valence-electron chi connectivity index (χ4n) is 4.02. The molecule has 0 bridgehead atoms. The third-order valence-electron chi connectivity index (χ3n) is 5.95. The number of hydrogen-bond acceptors (Lipinski definition) is 5. The highest BCUT2D eigenvalue weighted by Crippen LogP contribution is 2.22. The Morgan fingerprint density at radius 1 is 1.18 bits per heavy atom. The number of hydrogen-bond donors (Lipinski definition) is 0. The maximum atomic E-state index is 13.3. The number of carbonyl (C=O) groups is 2. The molecule has 1 unspecified atom stereocenters. The van der Waals surface area contributed by atoms with Gasteiger partial charge in [-0.05, 0) is 42.3 Å². The number of likely N-dealkylation sites (N-methyl/N-ethyl adjacent to an activating group) is 1. The Kier molecular flexibility index (Phi) is 6.67. The minimum atomic E-state index is -0.412. The normalized spacial score (nSPS) is 15.5. The molecule has 0 saturated carbocycles. The molecule has 2 aromatic heterocycles. The van der Waals surface area contributed by atoms with Gasteiger partial charge in [0.2, 0.25) is 5.91 Å². The standard InChI is InChI=1S/C24H26FN5O3/c1-28(24(32)33-2)20-9-12-29(15-20)23(31)16-30-21(13-17-3-5-19(25)6-4-17)14-22(27-30)18-7-10-26-11-8-18/h3-8,10-11,14,20H,9,12-13,15-16H2,1-2H3. The molecule has 0 N–H and O–H groups in total. The van der Waals surface area contributed by atoms with Gasteiger partial charge in [-0.3, -0.25) is 14.5 Å². The molecule has 33 heavy (non-hydrogen) atoms. The number of benzene rings is 1. The molecule has 9 heteroatoms. The number of halogens is 1. The number of nitrogens with zero attached hydrogens (tertiary/aromatic N) is 5. The van der Waals surface area contributed by atoms with Crippen LogP contribution in [0.25, 0.3) is 11.3 Å². The van der Waals surface area contributed by atoms with E-state index < -0.39 is 6.09 Å². The van der Waals surface area contributed by atoms with Crippen molar-refractivity contribution in [3.05, 3.63) is 71.9 Å². The number of amides is 2. The molecule has 1 aromatic carbocycles. The van der Waals surface area contributed by atoms with Crippen LogP contribution in [0, 0.1) is 5.82 Å². The smallest absolute Gasteiger partial charge is 0.409 e. The minimum Gasteiger partial charge on any atom is -0.453 e. The van der Waals surface area contributed by atoms with E-state index >= 15 is 0 Å². The molecular weight excluding hydrogens is 425 g/mol. The van der Waals surface area contributed by atoms with Crippen molar-refractivity contribution in [3.63, 3.8) is 0 Å². The summed E-state index contributed by atoms with van der Waals surface area (Å²) in [5.74, 6) is -0.360. The van der Waals surface area contributed by atoms with Crippen LogP contribution in [0.5, 0.6) is 0 Å². The summed E-state index contributed by atoms with van der Waals surface area (Å²) in [5.41, 5.74) is 3.42. The number of likely N-dealkylation sites (tertiary alicyclic amines) is 1. The highest BCUT2D eigenvalue weighted by molar-refractivity contribution is 5.77. The summed E-state index contributed by atoms with van der Waals surface area (Å²) < 4.78 is 19.8. The first kappa shape index (κ1) is 22.4. The van der Waals surface area contributed by atoms with Crippen molar-refractivity contribution in [3.8, 4) is 11.3 Å². The number of methoxy groups -OCH3 is 1. The summed E-state index contributed by atoms with van der Waals surface area (Å²) in [5, 5.41) is 4.68. The maximum Gasteiger partial charge on any atom is 0.409 e. The van der Waals surface area contributed by atoms with Crippen LogP contribution in [0.2, 0.25) is 0 Å². The Labute approximate surface area is 191 Å². The van der Waals surface area contributed by atoms with Crippen molar-refractivity contribution in [2.75, 3.05) is 27.2 Å². The van der Waals surface area contributed by atoms with Crippen LogP contribution < -0.4 is 0 Å². The fourth-order valence-corrected chi connectivity index (χ4v) is 4.02. The predicted molar refractivity (Wildman–Crippen MR) is 120 cm³/mol. The molecule has 0 radical (unpaired) electrons. The molecule has 1 atom stereocenters. The molecule has 172 valence electrons. The molecule has 1 aliphatic heterocycles. The summed E-state index contributed by atoms with van der Waals surface area (Å²) in [6, 6.07) is 11.9. The van der Waals surface area contributed by atoms with Crippen molar-refractivity contribution >= 4 is 12.0 Å². The van der Waals surface area contributed by atoms with Gasteiger partial charge in [0.15, 0.2) is 0 Å². The monoisotopic (exact) mass is 451 g/mol. The van der Waals surface area contributed by atoms with E-state index in [1.165, 1.54) is 24.1 Å². The van der Waals surface area contributed by atoms with Gasteiger partial charge < -0.3 is 14.5 Å². The first-order chi connectivity index (χ1) is 15.9. The zero-order valence-electron chi connectivity index (χ0n) is 18.6. The van der Waals surface area contributed by atoms with Gasteiger partial charge in [-0.25, -0.2) is 9.18 Å². The fraction of sp³-hybridized carbons (Fsp3) is 0.333. The third-order valence-corrected chi connectivity index (χ3v) is 5.95. The van der Waals surface area contributed by atoms with Crippen molar-refractivity contribution in [2.45, 2.75) is 25.4 Å². The van der Waals surface area contributed by atoms with Crippen molar-refractivity contribution < 1.29 is 18.7 Å². The Morgan fingerprint density at radius 3 is 2.61 bits per heavy atom. The third kappa shape index (κ3) is 5.19. The Hall–Kier alpha value is -3.75. The second-order valence-electron chi connectivity index (χ2n) is 8.08. The lowest BCUT2D eigenvalue weighted by molar-refractivity contribution is -0.131. The van der Waals surface area contributed by atoms with Gasteiger partial charge in [0.05, 0.1) is 18.8 Å². The van der Waals surface area contributed by atoms with Gasteiger partial charge in [0.25, 0.3) is 0 Å². The SMILES string of the molecule is COC(=O)N(C)C1CCN(C(=O)Cn2nc(-c3ccncc3)cc2Cc2ccc(F)cc2)C1. The molecular formula is C24H26FN5O3. The van der Waals surface area contributed by atoms with E-state index in [0.717, 1.165) is 22.5 Å². The highest BCUT2D eigenvalue weighted by atomic mass is 19.1. The average molecular weight is 452 g/mol. The molecule has 3 heterocycles. The molecule has 1 fully saturated rings. The molecule has 0 aliphatic carbocycles. The quantitative estimate of drug-likeness (QED) is 0.576. The number of ether oxygens (including phenoxy) is 1. The molecule has 1 saturated heterocycles. The lowest BCUT2D eigenvalue weighted by Gasteiger charge is -2.23. The van der Waals surface area contributed by atoms with E-state index in [0.29, 0.717) is 25.9 Å². The van der Waals surface area contributed by atoms with E-state index in [2.05, 4.69) is 10.1 Å². The highest BCUT2D eigenvalue weighted by Gasteiger charge is 2.31. The van der Waals surface area contributed by atoms with Crippen molar-refractivity contribution in [1.29, 1.82) is 0 Å². The zero-order chi connectivity index (χ0) is 23.4. The minimum absolute atomic E-state index is 0.0690. The van der Waals surface area contributed by atoms with Crippen LogP contribution in [0.15, 0.2) is 54.9 Å². The molecule has 0 spiro atoms. The van der Waals surface area contributed by atoms with Gasteiger partial charge in [-0.15, -0.1) is 0 Å². The lowest BCUT2D eigenvalue weighted by Crippen LogP contribution is -2.40. The van der Waals surface area contributed by atoms with Crippen LogP contribution in [0.4, 0.5) is 9.18 Å². The summed E-state index contributed by atoms with van der Waals surface area (Å²) in [7, 11) is 3.03. The average Bonchev–Trinajstić information content (AvgIpc) is 3.48. The summed E-state index contributed by atoms with van der Waals surface area (Å²) in [4.78, 5) is 32.2. The summed E-state index contributed by atoms with van der Waals surface area (Å²) >= 11 is 0. The number of aromatic nitrogens is 3. The molecule has 2 amide bonds. The summed E-state index contributed by atoms with van der Waals surface area (Å²) in [6.07, 6.45) is 4.19. The van der Waals surface area contributed by atoms with Crippen molar-refractivity contribution in [2.24, 2.45) is 0 Å². The van der Waals surface area contributed by atoms with Crippen LogP contribution in [0.3, 0.4) is 0 Å². The second kappa shape index (κ2) is 9.81. The Balaban J connectivity index is 1.53. The topological polar surface area (TPSA) is 80.6 Å². The van der Waals surface area contributed by atoms with E-state index in [9.17, 15) is 14.0 Å². The molecule has 1 aliphatic rings. The Bertz CT molecular complexity index is 1120. The van der Waals surface area contributed by atoms with E-state index in [1.807, 2.05) is 18.2 Å². The lowest BCUT2D eigenvalue weighted by atomic mass is 10.1. The van der Waals surface area contributed by atoms with Gasteiger partial charge in [-0.1, -0.05) is 12.1 Å². The second-order valence-corrected chi connectivity index (χ2v) is 8.08. The summed E-state index contributed by atoms with van der Waals surface area (Å²) in [6.45, 7) is 1.10. The number of carbonyl (C=O) groups excluding carboxylic acids is 2. The first-order valence-electron chi connectivity index (χ1n) is 10.7. The number of rotatable bonds is 6. The van der Waals surface area contributed by atoms with Gasteiger partial charge in [0, 0.05) is 50.2 Å². The van der Waals surface area contributed by atoms with E-state index in [-0.39, 0.29) is 24.3 Å². The molecule has 8 nitrogen and oxygen atoms in total. The van der Waals surface area contributed by atoms with Crippen LogP contribution in [0.1, 0.15) is 17.7 Å². The molecule has 3 aromatic rings. The van der Waals surface area contributed by atoms with Crippen LogP contribution in [-0.2, 0) is 22.5 Å². The van der Waals surface area contributed by atoms with Crippen LogP contribution >= 0.6 is 0 Å². The number of pyridine rings is 1.